The zero-order valence-electron chi connectivity index (χ0n) is 13.9. The Morgan fingerprint density at radius 1 is 1.50 bits per heavy atom. The van der Waals surface area contributed by atoms with Crippen LogP contribution in [-0.4, -0.2) is 39.7 Å². The number of carbonyl (C=O) groups excluding carboxylic acids is 1. The van der Waals surface area contributed by atoms with Crippen molar-refractivity contribution in [3.05, 3.63) is 18.0 Å². The van der Waals surface area contributed by atoms with Gasteiger partial charge in [-0.1, -0.05) is 0 Å². The summed E-state index contributed by atoms with van der Waals surface area (Å²) in [5, 5.41) is 17.0. The number of amides is 1. The van der Waals surface area contributed by atoms with Crippen molar-refractivity contribution in [2.45, 2.75) is 45.6 Å². The normalized spacial score (nSPS) is 17.9. The van der Waals surface area contributed by atoms with Gasteiger partial charge in [-0.25, -0.2) is 4.79 Å². The topological polar surface area (TPSA) is 76.4 Å². The van der Waals surface area contributed by atoms with Crippen LogP contribution >= 0.6 is 0 Å². The zero-order chi connectivity index (χ0) is 16.4. The number of aryl methyl sites for hydroxylation is 1. The first-order valence-electron chi connectivity index (χ1n) is 7.79. The Hall–Kier alpha value is -1.56. The minimum atomic E-state index is -0.519. The minimum absolute atomic E-state index is 0.0440. The van der Waals surface area contributed by atoms with E-state index in [0.717, 1.165) is 18.4 Å². The van der Waals surface area contributed by atoms with Gasteiger partial charge in [-0.05, 0) is 51.5 Å². The van der Waals surface area contributed by atoms with Gasteiger partial charge >= 0.3 is 6.09 Å². The largest absolute Gasteiger partial charge is 0.444 e. The number of rotatable bonds is 6. The van der Waals surface area contributed by atoms with E-state index >= 15 is 0 Å². The van der Waals surface area contributed by atoms with E-state index in [1.165, 1.54) is 0 Å². The van der Waals surface area contributed by atoms with Crippen molar-refractivity contribution in [1.82, 2.24) is 15.1 Å². The summed E-state index contributed by atoms with van der Waals surface area (Å²) in [6.07, 6.45) is 6.24. The molecule has 2 N–H and O–H groups in total. The molecule has 0 saturated heterocycles. The first kappa shape index (κ1) is 16.8. The molecule has 1 fully saturated rings. The van der Waals surface area contributed by atoms with Crippen molar-refractivity contribution in [2.75, 3.05) is 13.2 Å². The predicted octanol–water partition coefficient (Wildman–Crippen LogP) is 1.88. The third-order valence-electron chi connectivity index (χ3n) is 4.06. The van der Waals surface area contributed by atoms with Gasteiger partial charge < -0.3 is 15.2 Å². The summed E-state index contributed by atoms with van der Waals surface area (Å²) >= 11 is 0. The van der Waals surface area contributed by atoms with Crippen LogP contribution in [0.4, 0.5) is 4.79 Å². The molecule has 1 amide bonds. The fourth-order valence-electron chi connectivity index (χ4n) is 2.82. The molecule has 124 valence electrons. The molecule has 0 aliphatic heterocycles. The van der Waals surface area contributed by atoms with Gasteiger partial charge in [-0.2, -0.15) is 5.10 Å². The second-order valence-corrected chi connectivity index (χ2v) is 7.35. The molecule has 6 nitrogen and oxygen atoms in total. The predicted molar refractivity (Wildman–Crippen MR) is 83.4 cm³/mol. The monoisotopic (exact) mass is 309 g/mol. The number of hydrogen-bond donors (Lipinski definition) is 2. The standard InChI is InChI=1S/C16H27N3O3/c1-15(2,3)22-14(21)17-10-16(11-20,13-5-6-13)7-12-8-18-19(4)9-12/h8-9,13,20H,5-7,10-11H2,1-4H3,(H,17,21). The lowest BCUT2D eigenvalue weighted by atomic mass is 9.78. The Morgan fingerprint density at radius 3 is 2.64 bits per heavy atom. The molecule has 1 atom stereocenters. The van der Waals surface area contributed by atoms with E-state index in [9.17, 15) is 9.90 Å². The molecular weight excluding hydrogens is 282 g/mol. The zero-order valence-corrected chi connectivity index (χ0v) is 13.9. The number of hydrogen-bond acceptors (Lipinski definition) is 4. The molecule has 1 aromatic rings. The molecule has 1 heterocycles. The van der Waals surface area contributed by atoms with Crippen molar-refractivity contribution in [3.8, 4) is 0 Å². The molecule has 1 aliphatic carbocycles. The molecule has 22 heavy (non-hydrogen) atoms. The van der Waals surface area contributed by atoms with Crippen molar-refractivity contribution in [1.29, 1.82) is 0 Å². The Morgan fingerprint density at radius 2 is 2.18 bits per heavy atom. The number of aliphatic hydroxyl groups excluding tert-OH is 1. The number of aromatic nitrogens is 2. The van der Waals surface area contributed by atoms with Crippen LogP contribution in [0.2, 0.25) is 0 Å². The Labute approximate surface area is 131 Å². The Balaban J connectivity index is 2.01. The highest BCUT2D eigenvalue weighted by molar-refractivity contribution is 5.67. The summed E-state index contributed by atoms with van der Waals surface area (Å²) in [7, 11) is 1.88. The van der Waals surface area contributed by atoms with E-state index in [0.29, 0.717) is 18.9 Å². The number of aliphatic hydroxyl groups is 1. The fourth-order valence-corrected chi connectivity index (χ4v) is 2.82. The summed E-state index contributed by atoms with van der Waals surface area (Å²) in [6.45, 7) is 5.97. The van der Waals surface area contributed by atoms with Crippen LogP contribution in [0.5, 0.6) is 0 Å². The average molecular weight is 309 g/mol. The third-order valence-corrected chi connectivity index (χ3v) is 4.06. The van der Waals surface area contributed by atoms with Gasteiger partial charge in [0.2, 0.25) is 0 Å². The first-order chi connectivity index (χ1) is 10.2. The van der Waals surface area contributed by atoms with Crippen LogP contribution in [0, 0.1) is 11.3 Å². The molecule has 1 aliphatic rings. The van der Waals surface area contributed by atoms with Crippen LogP contribution in [-0.2, 0) is 18.2 Å². The molecule has 1 saturated carbocycles. The third kappa shape index (κ3) is 4.47. The second kappa shape index (κ2) is 6.28. The van der Waals surface area contributed by atoms with Crippen LogP contribution in [0.15, 0.2) is 12.4 Å². The molecule has 1 aromatic heterocycles. The maximum absolute atomic E-state index is 11.9. The fraction of sp³-hybridized carbons (Fsp3) is 0.750. The van der Waals surface area contributed by atoms with Gasteiger partial charge in [0.1, 0.15) is 5.60 Å². The van der Waals surface area contributed by atoms with Gasteiger partial charge in [0.25, 0.3) is 0 Å². The highest BCUT2D eigenvalue weighted by Gasteiger charge is 2.45. The van der Waals surface area contributed by atoms with Crippen LogP contribution in [0.3, 0.4) is 0 Å². The van der Waals surface area contributed by atoms with Crippen molar-refractivity contribution in [2.24, 2.45) is 18.4 Å². The van der Waals surface area contributed by atoms with Crippen LogP contribution in [0.25, 0.3) is 0 Å². The summed E-state index contributed by atoms with van der Waals surface area (Å²) < 4.78 is 7.04. The highest BCUT2D eigenvalue weighted by atomic mass is 16.6. The summed E-state index contributed by atoms with van der Waals surface area (Å²) in [5.74, 6) is 0.438. The first-order valence-corrected chi connectivity index (χ1v) is 7.79. The van der Waals surface area contributed by atoms with E-state index in [1.54, 1.807) is 4.68 Å². The van der Waals surface area contributed by atoms with Gasteiger partial charge in [0.05, 0.1) is 12.8 Å². The molecule has 1 unspecified atom stereocenters. The summed E-state index contributed by atoms with van der Waals surface area (Å²) in [4.78, 5) is 11.9. The molecule has 0 bridgehead atoms. The van der Waals surface area contributed by atoms with E-state index in [1.807, 2.05) is 40.2 Å². The minimum Gasteiger partial charge on any atom is -0.444 e. The quantitative estimate of drug-likeness (QED) is 0.841. The lowest BCUT2D eigenvalue weighted by molar-refractivity contribution is 0.0439. The number of alkyl carbamates (subject to hydrolysis) is 1. The van der Waals surface area contributed by atoms with E-state index in [-0.39, 0.29) is 12.0 Å². The molecule has 0 spiro atoms. The van der Waals surface area contributed by atoms with E-state index in [4.69, 9.17) is 4.74 Å². The molecular formula is C16H27N3O3. The number of carbonyl (C=O) groups is 1. The summed E-state index contributed by atoms with van der Waals surface area (Å²) in [6, 6.07) is 0. The Bertz CT molecular complexity index is 517. The lowest BCUT2D eigenvalue weighted by Gasteiger charge is -2.32. The van der Waals surface area contributed by atoms with Crippen LogP contribution in [0.1, 0.15) is 39.2 Å². The summed E-state index contributed by atoms with van der Waals surface area (Å²) in [5.41, 5.74) is 0.226. The smallest absolute Gasteiger partial charge is 0.407 e. The van der Waals surface area contributed by atoms with Crippen molar-refractivity contribution >= 4 is 6.09 Å². The highest BCUT2D eigenvalue weighted by Crippen LogP contribution is 2.47. The van der Waals surface area contributed by atoms with Gasteiger partial charge in [0, 0.05) is 25.2 Å². The molecule has 2 rings (SSSR count). The molecule has 6 heteroatoms. The number of ether oxygens (including phenoxy) is 1. The second-order valence-electron chi connectivity index (χ2n) is 7.35. The Kier molecular flexibility index (Phi) is 4.80. The molecule has 0 aromatic carbocycles. The maximum atomic E-state index is 11.9. The van der Waals surface area contributed by atoms with Gasteiger partial charge in [0.15, 0.2) is 0 Å². The number of nitrogens with zero attached hydrogens (tertiary/aromatic N) is 2. The lowest BCUT2D eigenvalue weighted by Crippen LogP contribution is -2.44. The SMILES string of the molecule is Cn1cc(CC(CO)(CNC(=O)OC(C)(C)C)C2CC2)cn1. The van der Waals surface area contributed by atoms with Crippen molar-refractivity contribution in [3.63, 3.8) is 0 Å². The van der Waals surface area contributed by atoms with Crippen molar-refractivity contribution < 1.29 is 14.6 Å². The van der Waals surface area contributed by atoms with E-state index in [2.05, 4.69) is 10.4 Å². The number of nitrogens with one attached hydrogen (secondary N) is 1. The van der Waals surface area contributed by atoms with Gasteiger partial charge in [-0.3, -0.25) is 4.68 Å². The molecule has 0 radical (unpaired) electrons. The average Bonchev–Trinajstić information content (AvgIpc) is 3.17. The maximum Gasteiger partial charge on any atom is 0.407 e. The van der Waals surface area contributed by atoms with E-state index < -0.39 is 11.7 Å². The van der Waals surface area contributed by atoms with Gasteiger partial charge in [-0.15, -0.1) is 0 Å². The van der Waals surface area contributed by atoms with Crippen LogP contribution < -0.4 is 5.32 Å².